The van der Waals surface area contributed by atoms with E-state index < -0.39 is 26.5 Å². The Morgan fingerprint density at radius 1 is 0.405 bits per heavy atom. The minimum absolute atomic E-state index is 0.0293. The molecule has 9 nitrogen and oxygen atoms in total. The second kappa shape index (κ2) is 56.2. The van der Waals surface area contributed by atoms with E-state index in [1.807, 2.05) is 21.1 Å². The van der Waals surface area contributed by atoms with Gasteiger partial charge in [0, 0.05) is 12.8 Å². The molecule has 0 aliphatic carbocycles. The molecule has 438 valence electrons. The molecule has 0 rings (SSSR count). The van der Waals surface area contributed by atoms with Gasteiger partial charge in [-0.15, -0.1) is 0 Å². The fourth-order valence-electron chi connectivity index (χ4n) is 9.46. The van der Waals surface area contributed by atoms with Crippen LogP contribution in [0.25, 0.3) is 0 Å². The van der Waals surface area contributed by atoms with Gasteiger partial charge in [0.2, 0.25) is 0 Å². The van der Waals surface area contributed by atoms with Crippen molar-refractivity contribution >= 4 is 19.8 Å². The van der Waals surface area contributed by atoms with Crippen LogP contribution in [-0.2, 0) is 32.7 Å². The van der Waals surface area contributed by atoms with E-state index in [0.29, 0.717) is 17.4 Å². The first-order valence-corrected chi connectivity index (χ1v) is 33.5. The zero-order valence-corrected chi connectivity index (χ0v) is 50.7. The van der Waals surface area contributed by atoms with E-state index >= 15 is 0 Å². The molecular formula is C64H124NO8P. The molecule has 0 spiro atoms. The molecule has 0 heterocycles. The SMILES string of the molecule is CCCC/C=C\CCCCCCCC(=O)OCC(COP(=O)([O-])OCC[N+](C)(C)C)OC(=O)CCCCCCCCCCCCCCCCCCCCCCCCCCCCC/C=C\CCCCCCCCCC. The number of allylic oxidation sites excluding steroid dienone is 4. The van der Waals surface area contributed by atoms with Gasteiger partial charge in [0.15, 0.2) is 6.10 Å². The number of phosphoric ester groups is 1. The number of quaternary nitrogens is 1. The fraction of sp³-hybridized carbons (Fsp3) is 0.906. The lowest BCUT2D eigenvalue weighted by atomic mass is 10.0. The first-order chi connectivity index (χ1) is 36.0. The van der Waals surface area contributed by atoms with Crippen LogP contribution in [0, 0.1) is 0 Å². The van der Waals surface area contributed by atoms with Gasteiger partial charge < -0.3 is 27.9 Å². The topological polar surface area (TPSA) is 111 Å². The predicted octanol–water partition coefficient (Wildman–Crippen LogP) is 19.5. The van der Waals surface area contributed by atoms with Gasteiger partial charge >= 0.3 is 11.9 Å². The van der Waals surface area contributed by atoms with Crippen molar-refractivity contribution in [1.29, 1.82) is 0 Å². The Morgan fingerprint density at radius 2 is 0.703 bits per heavy atom. The molecule has 0 N–H and O–H groups in total. The highest BCUT2D eigenvalue weighted by atomic mass is 31.2. The molecule has 0 aromatic heterocycles. The van der Waals surface area contributed by atoms with Gasteiger partial charge in [0.05, 0.1) is 27.7 Å². The van der Waals surface area contributed by atoms with E-state index in [1.54, 1.807) is 0 Å². The summed E-state index contributed by atoms with van der Waals surface area (Å²) in [6.45, 7) is 4.23. The first kappa shape index (κ1) is 72.5. The summed E-state index contributed by atoms with van der Waals surface area (Å²) in [5.74, 6) is -0.831. The summed E-state index contributed by atoms with van der Waals surface area (Å²) < 4.78 is 34.1. The van der Waals surface area contributed by atoms with Crippen molar-refractivity contribution in [3.63, 3.8) is 0 Å². The molecule has 0 saturated heterocycles. The fourth-order valence-corrected chi connectivity index (χ4v) is 10.2. The number of hydrogen-bond donors (Lipinski definition) is 0. The van der Waals surface area contributed by atoms with Crippen molar-refractivity contribution in [2.45, 2.75) is 328 Å². The summed E-state index contributed by atoms with van der Waals surface area (Å²) in [6.07, 6.45) is 68.6. The number of rotatable bonds is 60. The van der Waals surface area contributed by atoms with Gasteiger partial charge in [0.1, 0.15) is 19.8 Å². The minimum atomic E-state index is -4.63. The summed E-state index contributed by atoms with van der Waals surface area (Å²) in [7, 11) is 1.18. The molecule has 74 heavy (non-hydrogen) atoms. The summed E-state index contributed by atoms with van der Waals surface area (Å²) in [4.78, 5) is 37.7. The third kappa shape index (κ3) is 59.7. The number of nitrogens with zero attached hydrogens (tertiary/aromatic N) is 1. The van der Waals surface area contributed by atoms with Crippen molar-refractivity contribution in [2.75, 3.05) is 47.5 Å². The Kier molecular flexibility index (Phi) is 55.1. The number of unbranched alkanes of at least 4 members (excludes halogenated alkanes) is 42. The summed E-state index contributed by atoms with van der Waals surface area (Å²) in [5, 5.41) is 0. The Balaban J connectivity index is 3.81. The Morgan fingerprint density at radius 3 is 1.04 bits per heavy atom. The summed E-state index contributed by atoms with van der Waals surface area (Å²) in [6, 6.07) is 0. The highest BCUT2D eigenvalue weighted by Gasteiger charge is 2.22. The van der Waals surface area contributed by atoms with Crippen LogP contribution < -0.4 is 4.89 Å². The zero-order chi connectivity index (χ0) is 54.2. The molecule has 0 bridgehead atoms. The average Bonchev–Trinajstić information content (AvgIpc) is 3.36. The van der Waals surface area contributed by atoms with E-state index in [9.17, 15) is 19.0 Å². The standard InChI is InChI=1S/C64H124NO8P/c1-6-8-10-12-14-16-18-19-20-21-22-23-24-25-26-27-28-29-30-31-32-33-34-35-36-37-38-39-40-41-42-43-44-45-47-49-51-53-55-57-64(67)73-62(61-72-74(68,69)71-59-58-65(3,4)5)60-70-63(66)56-54-52-50-48-46-17-15-13-11-9-7-2/h13,15,21-22,62H,6-12,14,16-20,23-61H2,1-5H3/b15-13-,22-21-. The largest absolute Gasteiger partial charge is 0.756 e. The highest BCUT2D eigenvalue weighted by molar-refractivity contribution is 7.45. The molecule has 2 atom stereocenters. The molecule has 0 radical (unpaired) electrons. The van der Waals surface area contributed by atoms with Crippen LogP contribution in [0.15, 0.2) is 24.3 Å². The molecular weight excluding hydrogens is 942 g/mol. The number of hydrogen-bond acceptors (Lipinski definition) is 8. The van der Waals surface area contributed by atoms with Crippen LogP contribution in [-0.4, -0.2) is 70.0 Å². The van der Waals surface area contributed by atoms with Crippen LogP contribution in [0.4, 0.5) is 0 Å². The van der Waals surface area contributed by atoms with E-state index in [0.717, 1.165) is 57.8 Å². The van der Waals surface area contributed by atoms with E-state index in [2.05, 4.69) is 38.2 Å². The Labute approximate surface area is 459 Å². The van der Waals surface area contributed by atoms with Gasteiger partial charge in [-0.05, 0) is 57.8 Å². The quantitative estimate of drug-likeness (QED) is 0.0195. The van der Waals surface area contributed by atoms with Crippen LogP contribution in [0.5, 0.6) is 0 Å². The number of carbonyl (C=O) groups is 2. The average molecular weight is 1070 g/mol. The van der Waals surface area contributed by atoms with Gasteiger partial charge in [-0.1, -0.05) is 276 Å². The first-order valence-electron chi connectivity index (χ1n) is 32.0. The molecule has 0 amide bonds. The molecule has 10 heteroatoms. The Bertz CT molecular complexity index is 1300. The molecule has 2 unspecified atom stereocenters. The van der Waals surface area contributed by atoms with Crippen LogP contribution in [0.1, 0.15) is 322 Å². The smallest absolute Gasteiger partial charge is 0.306 e. The van der Waals surface area contributed by atoms with Crippen molar-refractivity contribution in [3.8, 4) is 0 Å². The molecule has 0 aliphatic rings. The molecule has 0 aliphatic heterocycles. The minimum Gasteiger partial charge on any atom is -0.756 e. The second-order valence-corrected chi connectivity index (χ2v) is 24.5. The second-order valence-electron chi connectivity index (χ2n) is 23.1. The number of ether oxygens (including phenoxy) is 2. The van der Waals surface area contributed by atoms with Crippen molar-refractivity contribution in [1.82, 2.24) is 0 Å². The lowest BCUT2D eigenvalue weighted by molar-refractivity contribution is -0.870. The lowest BCUT2D eigenvalue weighted by Gasteiger charge is -2.28. The lowest BCUT2D eigenvalue weighted by Crippen LogP contribution is -2.37. The maximum atomic E-state index is 12.8. The number of carbonyl (C=O) groups excluding carboxylic acids is 2. The van der Waals surface area contributed by atoms with Gasteiger partial charge in [-0.25, -0.2) is 0 Å². The van der Waals surface area contributed by atoms with Gasteiger partial charge in [-0.2, -0.15) is 0 Å². The zero-order valence-electron chi connectivity index (χ0n) is 49.8. The van der Waals surface area contributed by atoms with Gasteiger partial charge in [-0.3, -0.25) is 14.2 Å². The molecule has 0 fully saturated rings. The Hall–Kier alpha value is -1.51. The van der Waals surface area contributed by atoms with E-state index in [1.165, 1.54) is 231 Å². The summed E-state index contributed by atoms with van der Waals surface area (Å²) >= 11 is 0. The number of likely N-dealkylation sites (N-methyl/N-ethyl adjacent to an activating group) is 1. The molecule has 0 aromatic carbocycles. The van der Waals surface area contributed by atoms with E-state index in [-0.39, 0.29) is 32.0 Å². The van der Waals surface area contributed by atoms with Crippen molar-refractivity contribution in [3.05, 3.63) is 24.3 Å². The van der Waals surface area contributed by atoms with Crippen molar-refractivity contribution < 1.29 is 42.1 Å². The maximum Gasteiger partial charge on any atom is 0.306 e. The normalized spacial score (nSPS) is 13.3. The van der Waals surface area contributed by atoms with Crippen LogP contribution >= 0.6 is 7.82 Å². The molecule has 0 saturated carbocycles. The maximum absolute atomic E-state index is 12.8. The third-order valence-corrected chi connectivity index (χ3v) is 15.4. The van der Waals surface area contributed by atoms with Crippen LogP contribution in [0.2, 0.25) is 0 Å². The number of phosphoric acid groups is 1. The monoisotopic (exact) mass is 1070 g/mol. The van der Waals surface area contributed by atoms with Crippen molar-refractivity contribution in [2.24, 2.45) is 0 Å². The molecule has 0 aromatic rings. The predicted molar refractivity (Wildman–Crippen MR) is 314 cm³/mol. The highest BCUT2D eigenvalue weighted by Crippen LogP contribution is 2.38. The number of esters is 2. The van der Waals surface area contributed by atoms with E-state index in [4.69, 9.17) is 18.5 Å². The summed E-state index contributed by atoms with van der Waals surface area (Å²) in [5.41, 5.74) is 0. The third-order valence-electron chi connectivity index (χ3n) is 14.4. The van der Waals surface area contributed by atoms with Crippen LogP contribution in [0.3, 0.4) is 0 Å². The van der Waals surface area contributed by atoms with Gasteiger partial charge in [0.25, 0.3) is 7.82 Å².